The second-order valence-corrected chi connectivity index (χ2v) is 8.09. The molecule has 1 fully saturated rings. The Labute approximate surface area is 90.2 Å². The number of hydrogen-bond donors (Lipinski definition) is 1. The Kier molecular flexibility index (Phi) is 3.91. The van der Waals surface area contributed by atoms with E-state index in [0.717, 1.165) is 0 Å². The van der Waals surface area contributed by atoms with Gasteiger partial charge in [0, 0.05) is 6.04 Å². The summed E-state index contributed by atoms with van der Waals surface area (Å²) in [5.74, 6) is 0.959. The van der Waals surface area contributed by atoms with Gasteiger partial charge in [0.1, 0.15) is 0 Å². The number of hydrogen-bond acceptors (Lipinski definition) is 5. The van der Waals surface area contributed by atoms with E-state index in [1.807, 2.05) is 0 Å². The maximum Gasteiger partial charge on any atom is 0.157 e. The Morgan fingerprint density at radius 2 is 1.53 bits per heavy atom. The molecule has 7 heteroatoms. The van der Waals surface area contributed by atoms with E-state index in [2.05, 4.69) is 0 Å². The van der Waals surface area contributed by atoms with Gasteiger partial charge in [-0.15, -0.1) is 0 Å². The van der Waals surface area contributed by atoms with Crippen LogP contribution in [0.2, 0.25) is 0 Å². The molecule has 15 heavy (non-hydrogen) atoms. The SMILES string of the molecule is NC1CCS(=O)(=O)C1.O=S1(=O)CC=CC1. The standard InChI is InChI=1S/C4H9NO2S.C4H6O2S/c5-4-1-2-8(6,7)3-4;5-7(6)3-1-2-4-7/h4H,1-3,5H2;1-2H,3-4H2. The van der Waals surface area contributed by atoms with Crippen LogP contribution in [0.3, 0.4) is 0 Å². The van der Waals surface area contributed by atoms with Crippen molar-refractivity contribution < 1.29 is 16.8 Å². The molecular formula is C8H15NO4S2. The molecule has 0 bridgehead atoms. The Balaban J connectivity index is 0.000000151. The van der Waals surface area contributed by atoms with Crippen molar-refractivity contribution in [3.63, 3.8) is 0 Å². The van der Waals surface area contributed by atoms with E-state index in [-0.39, 0.29) is 29.1 Å². The van der Waals surface area contributed by atoms with Crippen molar-refractivity contribution >= 4 is 19.7 Å². The molecule has 2 rings (SSSR count). The fraction of sp³-hybridized carbons (Fsp3) is 0.750. The highest BCUT2D eigenvalue weighted by molar-refractivity contribution is 7.92. The molecule has 0 aromatic carbocycles. The molecule has 2 heterocycles. The maximum atomic E-state index is 10.6. The first kappa shape index (κ1) is 12.7. The van der Waals surface area contributed by atoms with Crippen LogP contribution in [0.1, 0.15) is 6.42 Å². The van der Waals surface area contributed by atoms with Gasteiger partial charge >= 0.3 is 0 Å². The largest absolute Gasteiger partial charge is 0.327 e. The molecule has 0 radical (unpaired) electrons. The van der Waals surface area contributed by atoms with Crippen LogP contribution in [-0.2, 0) is 19.7 Å². The van der Waals surface area contributed by atoms with E-state index in [1.165, 1.54) is 0 Å². The molecule has 2 N–H and O–H groups in total. The quantitative estimate of drug-likeness (QED) is 0.565. The van der Waals surface area contributed by atoms with E-state index in [4.69, 9.17) is 5.73 Å². The molecule has 0 aromatic heterocycles. The topological polar surface area (TPSA) is 94.3 Å². The molecular weight excluding hydrogens is 238 g/mol. The van der Waals surface area contributed by atoms with Crippen molar-refractivity contribution in [1.29, 1.82) is 0 Å². The molecule has 0 aromatic rings. The highest BCUT2D eigenvalue weighted by Crippen LogP contribution is 2.07. The Morgan fingerprint density at radius 1 is 1.00 bits per heavy atom. The average Bonchev–Trinajstić information content (AvgIpc) is 2.59. The summed E-state index contributed by atoms with van der Waals surface area (Å²) in [4.78, 5) is 0. The molecule has 1 atom stereocenters. The highest BCUT2D eigenvalue weighted by Gasteiger charge is 2.24. The van der Waals surface area contributed by atoms with Gasteiger partial charge in [-0.25, -0.2) is 16.8 Å². The van der Waals surface area contributed by atoms with Crippen LogP contribution in [0.15, 0.2) is 12.2 Å². The van der Waals surface area contributed by atoms with Crippen molar-refractivity contribution in [2.75, 3.05) is 23.0 Å². The minimum atomic E-state index is -2.72. The third-order valence-corrected chi connectivity index (χ3v) is 5.33. The lowest BCUT2D eigenvalue weighted by Crippen LogP contribution is -2.20. The van der Waals surface area contributed by atoms with Gasteiger partial charge in [-0.3, -0.25) is 0 Å². The Morgan fingerprint density at radius 3 is 1.67 bits per heavy atom. The molecule has 0 amide bonds. The molecule has 2 aliphatic heterocycles. The lowest BCUT2D eigenvalue weighted by atomic mass is 10.3. The highest BCUT2D eigenvalue weighted by atomic mass is 32.2. The van der Waals surface area contributed by atoms with E-state index >= 15 is 0 Å². The fourth-order valence-electron chi connectivity index (χ4n) is 1.32. The normalized spacial score (nSPS) is 30.9. The van der Waals surface area contributed by atoms with Gasteiger partial charge in [-0.1, -0.05) is 12.2 Å². The molecule has 0 spiro atoms. The summed E-state index contributed by atoms with van der Waals surface area (Å²) in [6.45, 7) is 0. The van der Waals surface area contributed by atoms with Crippen LogP contribution in [-0.4, -0.2) is 45.9 Å². The van der Waals surface area contributed by atoms with Gasteiger partial charge in [-0.05, 0) is 6.42 Å². The summed E-state index contributed by atoms with van der Waals surface area (Å²) >= 11 is 0. The Hall–Kier alpha value is -0.400. The van der Waals surface area contributed by atoms with Crippen molar-refractivity contribution in [3.05, 3.63) is 12.2 Å². The van der Waals surface area contributed by atoms with Crippen molar-refractivity contribution in [1.82, 2.24) is 0 Å². The van der Waals surface area contributed by atoms with Crippen LogP contribution in [0.25, 0.3) is 0 Å². The van der Waals surface area contributed by atoms with Crippen LogP contribution in [0.4, 0.5) is 0 Å². The van der Waals surface area contributed by atoms with E-state index in [0.29, 0.717) is 6.42 Å². The predicted molar refractivity (Wildman–Crippen MR) is 59.0 cm³/mol. The zero-order valence-corrected chi connectivity index (χ0v) is 9.93. The van der Waals surface area contributed by atoms with Crippen LogP contribution >= 0.6 is 0 Å². The van der Waals surface area contributed by atoms with Crippen molar-refractivity contribution in [3.8, 4) is 0 Å². The molecule has 1 unspecified atom stereocenters. The molecule has 0 aliphatic carbocycles. The molecule has 1 saturated heterocycles. The van der Waals surface area contributed by atoms with Gasteiger partial charge in [0.25, 0.3) is 0 Å². The maximum absolute atomic E-state index is 10.6. The third kappa shape index (κ3) is 4.76. The van der Waals surface area contributed by atoms with Crippen molar-refractivity contribution in [2.45, 2.75) is 12.5 Å². The monoisotopic (exact) mass is 253 g/mol. The number of rotatable bonds is 0. The van der Waals surface area contributed by atoms with Gasteiger partial charge in [0.2, 0.25) is 0 Å². The van der Waals surface area contributed by atoms with E-state index < -0.39 is 19.7 Å². The Bertz CT molecular complexity index is 421. The minimum Gasteiger partial charge on any atom is -0.327 e. The lowest BCUT2D eigenvalue weighted by Gasteiger charge is -1.91. The summed E-state index contributed by atoms with van der Waals surface area (Å²) in [5.41, 5.74) is 5.33. The number of sulfone groups is 2. The molecule has 5 nitrogen and oxygen atoms in total. The average molecular weight is 253 g/mol. The molecule has 2 aliphatic rings. The summed E-state index contributed by atoms with van der Waals surface area (Å²) in [5, 5.41) is 0. The van der Waals surface area contributed by atoms with E-state index in [9.17, 15) is 16.8 Å². The van der Waals surface area contributed by atoms with Crippen LogP contribution in [0.5, 0.6) is 0 Å². The summed E-state index contributed by atoms with van der Waals surface area (Å²) in [6, 6.07) is -0.0972. The second kappa shape index (κ2) is 4.63. The minimum absolute atomic E-state index is 0.0972. The lowest BCUT2D eigenvalue weighted by molar-refractivity contribution is 0.600. The zero-order chi connectivity index (χ0) is 11.5. The first-order chi connectivity index (χ1) is 6.81. The van der Waals surface area contributed by atoms with Crippen molar-refractivity contribution in [2.24, 2.45) is 5.73 Å². The first-order valence-electron chi connectivity index (χ1n) is 4.62. The zero-order valence-electron chi connectivity index (χ0n) is 8.29. The summed E-state index contributed by atoms with van der Waals surface area (Å²) in [7, 11) is -5.38. The smallest absolute Gasteiger partial charge is 0.157 e. The van der Waals surface area contributed by atoms with Gasteiger partial charge in [-0.2, -0.15) is 0 Å². The van der Waals surface area contributed by atoms with E-state index in [1.54, 1.807) is 12.2 Å². The third-order valence-electron chi connectivity index (χ3n) is 2.13. The second-order valence-electron chi connectivity index (χ2n) is 3.71. The number of nitrogens with two attached hydrogens (primary N) is 1. The van der Waals surface area contributed by atoms with Crippen LogP contribution < -0.4 is 5.73 Å². The van der Waals surface area contributed by atoms with Crippen LogP contribution in [0, 0.1) is 0 Å². The molecule has 0 saturated carbocycles. The summed E-state index contributed by atoms with van der Waals surface area (Å²) in [6.07, 6.45) is 3.99. The first-order valence-corrected chi connectivity index (χ1v) is 8.26. The summed E-state index contributed by atoms with van der Waals surface area (Å²) < 4.78 is 41.9. The van der Waals surface area contributed by atoms with Gasteiger partial charge in [0.05, 0.1) is 23.0 Å². The molecule has 88 valence electrons. The predicted octanol–water partition coefficient (Wildman–Crippen LogP) is -0.897. The fourth-order valence-corrected chi connectivity index (χ4v) is 3.96. The van der Waals surface area contributed by atoms with Gasteiger partial charge < -0.3 is 5.73 Å². The van der Waals surface area contributed by atoms with Gasteiger partial charge in [0.15, 0.2) is 19.7 Å².